The Morgan fingerprint density at radius 1 is 1.19 bits per heavy atom. The van der Waals surface area contributed by atoms with Gasteiger partial charge in [0.05, 0.1) is 6.10 Å². The van der Waals surface area contributed by atoms with Gasteiger partial charge in [-0.2, -0.15) is 0 Å². The number of aliphatic hydroxyl groups is 1. The lowest BCUT2D eigenvalue weighted by Crippen LogP contribution is -2.50. The molecule has 4 aliphatic rings. The molecule has 2 fully saturated rings. The molecule has 0 aromatic rings. The summed E-state index contributed by atoms with van der Waals surface area (Å²) in [7, 11) is 0. The second kappa shape index (κ2) is 4.32. The molecule has 114 valence electrons. The first-order valence-corrected chi connectivity index (χ1v) is 8.55. The van der Waals surface area contributed by atoms with Crippen LogP contribution in [0.25, 0.3) is 0 Å². The van der Waals surface area contributed by atoms with E-state index in [1.54, 1.807) is 0 Å². The van der Waals surface area contributed by atoms with E-state index in [2.05, 4.69) is 26.0 Å². The Hall–Kier alpha value is -0.890. The Balaban J connectivity index is 1.71. The molecule has 0 unspecified atom stereocenters. The lowest BCUT2D eigenvalue weighted by Gasteiger charge is -2.56. The number of aliphatic hydroxyl groups excluding tert-OH is 1. The smallest absolute Gasteiger partial charge is 0.161 e. The first-order valence-electron chi connectivity index (χ1n) is 8.55. The van der Waals surface area contributed by atoms with E-state index in [9.17, 15) is 9.90 Å². The third-order valence-corrected chi connectivity index (χ3v) is 7.35. The molecule has 2 heteroatoms. The van der Waals surface area contributed by atoms with E-state index >= 15 is 0 Å². The maximum absolute atomic E-state index is 12.3. The molecule has 0 aromatic heterocycles. The Morgan fingerprint density at radius 2 is 1.95 bits per heavy atom. The molecule has 2 saturated carbocycles. The summed E-state index contributed by atoms with van der Waals surface area (Å²) < 4.78 is 0. The van der Waals surface area contributed by atoms with Crippen LogP contribution in [0.4, 0.5) is 0 Å². The van der Waals surface area contributed by atoms with Crippen molar-refractivity contribution in [1.82, 2.24) is 0 Å². The number of fused-ring (bicyclic) bond motifs is 5. The van der Waals surface area contributed by atoms with Crippen molar-refractivity contribution in [1.29, 1.82) is 0 Å². The molecule has 0 heterocycles. The molecular weight excluding hydrogens is 260 g/mol. The molecular formula is C19H26O2. The minimum atomic E-state index is -0.136. The molecule has 2 nitrogen and oxygen atoms in total. The van der Waals surface area contributed by atoms with Gasteiger partial charge in [-0.25, -0.2) is 0 Å². The Morgan fingerprint density at radius 3 is 2.76 bits per heavy atom. The van der Waals surface area contributed by atoms with Crippen molar-refractivity contribution >= 4 is 5.78 Å². The van der Waals surface area contributed by atoms with Crippen molar-refractivity contribution in [2.24, 2.45) is 28.6 Å². The van der Waals surface area contributed by atoms with Gasteiger partial charge in [0, 0.05) is 5.41 Å². The van der Waals surface area contributed by atoms with Gasteiger partial charge >= 0.3 is 0 Å². The summed E-state index contributed by atoms with van der Waals surface area (Å²) in [6.45, 7) is 4.60. The molecule has 0 amide bonds. The van der Waals surface area contributed by atoms with Crippen molar-refractivity contribution in [3.63, 3.8) is 0 Å². The number of carbonyl (C=O) groups excluding carboxylic acids is 1. The largest absolute Gasteiger partial charge is 0.393 e. The van der Waals surface area contributed by atoms with Crippen LogP contribution < -0.4 is 0 Å². The molecule has 0 bridgehead atoms. The average Bonchev–Trinajstić information content (AvgIpc) is 2.76. The minimum absolute atomic E-state index is 0.128. The molecule has 0 aromatic carbocycles. The number of rotatable bonds is 0. The molecule has 4 rings (SSSR count). The van der Waals surface area contributed by atoms with Crippen LogP contribution in [0, 0.1) is 28.6 Å². The van der Waals surface area contributed by atoms with E-state index in [0.29, 0.717) is 23.5 Å². The predicted molar refractivity (Wildman–Crippen MR) is 82.6 cm³/mol. The van der Waals surface area contributed by atoms with Gasteiger partial charge in [0.2, 0.25) is 0 Å². The summed E-state index contributed by atoms with van der Waals surface area (Å²) in [4.78, 5) is 12.3. The highest BCUT2D eigenvalue weighted by atomic mass is 16.3. The highest BCUT2D eigenvalue weighted by Crippen LogP contribution is 2.62. The van der Waals surface area contributed by atoms with Crippen LogP contribution in [0.3, 0.4) is 0 Å². The summed E-state index contributed by atoms with van der Waals surface area (Å²) in [5.74, 6) is 2.10. The van der Waals surface area contributed by atoms with Crippen LogP contribution in [-0.2, 0) is 4.79 Å². The van der Waals surface area contributed by atoms with Gasteiger partial charge in [-0.15, -0.1) is 0 Å². The number of allylic oxidation sites excluding steroid dienone is 3. The van der Waals surface area contributed by atoms with Crippen LogP contribution in [-0.4, -0.2) is 17.0 Å². The van der Waals surface area contributed by atoms with Crippen LogP contribution in [0.15, 0.2) is 23.8 Å². The third kappa shape index (κ3) is 1.72. The standard InChI is InChI=1S/C19H26O2/c1-18-9-7-13(20)11-12(18)3-4-14-15-5-6-17(21)19(15,2)10-8-16(14)18/h3,5-6,13-16,20H,4,7-11H2,1-2H3/t13-,14-,15-,16-,18-,19-/m0/s1. The van der Waals surface area contributed by atoms with E-state index in [4.69, 9.17) is 0 Å². The highest BCUT2D eigenvalue weighted by Gasteiger charge is 2.57. The molecule has 4 aliphatic carbocycles. The van der Waals surface area contributed by atoms with Gasteiger partial charge in [-0.3, -0.25) is 4.79 Å². The monoisotopic (exact) mass is 286 g/mol. The summed E-state index contributed by atoms with van der Waals surface area (Å²) in [5, 5.41) is 9.99. The van der Waals surface area contributed by atoms with Crippen molar-refractivity contribution in [3.8, 4) is 0 Å². The number of carbonyl (C=O) groups is 1. The zero-order valence-electron chi connectivity index (χ0n) is 13.1. The topological polar surface area (TPSA) is 37.3 Å². The van der Waals surface area contributed by atoms with Gasteiger partial charge in [-0.05, 0) is 67.8 Å². The van der Waals surface area contributed by atoms with Crippen LogP contribution >= 0.6 is 0 Å². The molecule has 0 aliphatic heterocycles. The summed E-state index contributed by atoms with van der Waals surface area (Å²) in [5.41, 5.74) is 1.64. The summed E-state index contributed by atoms with van der Waals surface area (Å²) >= 11 is 0. The van der Waals surface area contributed by atoms with Crippen LogP contribution in [0.2, 0.25) is 0 Å². The quantitative estimate of drug-likeness (QED) is 0.690. The number of hydrogen-bond donors (Lipinski definition) is 1. The SMILES string of the molecule is C[C@]12CC[C@H](O)CC1=CC[C@@H]1[C@@H]2CC[C@]2(C)C(=O)C=C[C@@H]12. The predicted octanol–water partition coefficient (Wildman–Crippen LogP) is 3.66. The average molecular weight is 286 g/mol. The molecule has 0 radical (unpaired) electrons. The van der Waals surface area contributed by atoms with Gasteiger partial charge in [0.1, 0.15) is 0 Å². The Labute approximate surface area is 127 Å². The first-order chi connectivity index (χ1) is 9.95. The zero-order chi connectivity index (χ0) is 14.8. The van der Waals surface area contributed by atoms with E-state index < -0.39 is 0 Å². The van der Waals surface area contributed by atoms with Crippen molar-refractivity contribution in [2.75, 3.05) is 0 Å². The van der Waals surface area contributed by atoms with Gasteiger partial charge < -0.3 is 5.11 Å². The molecule has 21 heavy (non-hydrogen) atoms. The molecule has 0 spiro atoms. The third-order valence-electron chi connectivity index (χ3n) is 7.35. The fourth-order valence-electron chi connectivity index (χ4n) is 5.92. The van der Waals surface area contributed by atoms with Crippen molar-refractivity contribution in [2.45, 2.75) is 58.5 Å². The lowest BCUT2D eigenvalue weighted by atomic mass is 9.48. The fraction of sp³-hybridized carbons (Fsp3) is 0.737. The maximum atomic E-state index is 12.3. The first kappa shape index (κ1) is 13.8. The lowest BCUT2D eigenvalue weighted by molar-refractivity contribution is -0.129. The van der Waals surface area contributed by atoms with Crippen LogP contribution in [0.5, 0.6) is 0 Å². The van der Waals surface area contributed by atoms with Gasteiger partial charge in [-0.1, -0.05) is 31.6 Å². The number of ketones is 1. The second-order valence-electron chi connectivity index (χ2n) is 8.25. The number of hydrogen-bond acceptors (Lipinski definition) is 2. The highest BCUT2D eigenvalue weighted by molar-refractivity contribution is 5.97. The van der Waals surface area contributed by atoms with Crippen molar-refractivity contribution < 1.29 is 9.90 Å². The molecule has 1 N–H and O–H groups in total. The Kier molecular flexibility index (Phi) is 2.83. The fourth-order valence-corrected chi connectivity index (χ4v) is 5.92. The minimum Gasteiger partial charge on any atom is -0.393 e. The van der Waals surface area contributed by atoms with Gasteiger partial charge in [0.15, 0.2) is 5.78 Å². The normalized spacial score (nSPS) is 52.0. The van der Waals surface area contributed by atoms with E-state index in [1.165, 1.54) is 12.0 Å². The van der Waals surface area contributed by atoms with E-state index in [0.717, 1.165) is 32.1 Å². The van der Waals surface area contributed by atoms with Gasteiger partial charge in [0.25, 0.3) is 0 Å². The maximum Gasteiger partial charge on any atom is 0.161 e. The van der Waals surface area contributed by atoms with E-state index in [-0.39, 0.29) is 16.9 Å². The Bertz CT molecular complexity index is 546. The molecule has 6 atom stereocenters. The zero-order valence-corrected chi connectivity index (χ0v) is 13.1. The molecule has 0 saturated heterocycles. The van der Waals surface area contributed by atoms with Crippen molar-refractivity contribution in [3.05, 3.63) is 23.8 Å². The second-order valence-corrected chi connectivity index (χ2v) is 8.25. The van der Waals surface area contributed by atoms with Crippen LogP contribution in [0.1, 0.15) is 52.4 Å². The summed E-state index contributed by atoms with van der Waals surface area (Å²) in [6.07, 6.45) is 12.6. The summed E-state index contributed by atoms with van der Waals surface area (Å²) in [6, 6.07) is 0. The van der Waals surface area contributed by atoms with E-state index in [1.807, 2.05) is 6.08 Å².